The molecule has 0 aromatic carbocycles. The summed E-state index contributed by atoms with van der Waals surface area (Å²) in [6, 6.07) is 0. The molecule has 28 heavy (non-hydrogen) atoms. The maximum atomic E-state index is 9.72. The molecule has 0 saturated carbocycles. The first-order chi connectivity index (χ1) is 13.5. The predicted molar refractivity (Wildman–Crippen MR) is 113 cm³/mol. The van der Waals surface area contributed by atoms with E-state index < -0.39 is 24.5 Å². The molecule has 168 valence electrons. The Bertz CT molecular complexity index is 330. The van der Waals surface area contributed by atoms with Gasteiger partial charge in [0.2, 0.25) is 0 Å². The van der Waals surface area contributed by atoms with E-state index in [4.69, 9.17) is 20.4 Å². The predicted octanol–water partition coefficient (Wildman–Crippen LogP) is 5.15. The van der Waals surface area contributed by atoms with Crippen molar-refractivity contribution in [3.63, 3.8) is 0 Å². The number of aliphatic hydroxyl groups excluding tert-OH is 2. The highest BCUT2D eigenvalue weighted by atomic mass is 16.4. The fourth-order valence-electron chi connectivity index (χ4n) is 2.91. The Morgan fingerprint density at radius 2 is 0.964 bits per heavy atom. The van der Waals surface area contributed by atoms with Gasteiger partial charge < -0.3 is 20.4 Å². The van der Waals surface area contributed by atoms with Crippen LogP contribution < -0.4 is 0 Å². The number of carboxylic acid groups (broad SMARTS) is 2. The standard InChI is InChI=1S/C18H38O.C4H6O5/c1-2-3-4-5-6-7-8-9-10-11-12-13-14-15-16-17-18-19;5-2(4(8)9)1-3(6)7/h19H,2-18H2,1H3;2,5H,1H2,(H,6,7)(H,8,9). The van der Waals surface area contributed by atoms with E-state index in [0.717, 1.165) is 6.42 Å². The van der Waals surface area contributed by atoms with Gasteiger partial charge in [0.05, 0.1) is 6.42 Å². The maximum Gasteiger partial charge on any atom is 0.333 e. The van der Waals surface area contributed by atoms with Gasteiger partial charge in [-0.2, -0.15) is 0 Å². The molecular weight excluding hydrogens is 360 g/mol. The van der Waals surface area contributed by atoms with Gasteiger partial charge in [0.25, 0.3) is 0 Å². The number of hydrogen-bond donors (Lipinski definition) is 4. The smallest absolute Gasteiger partial charge is 0.333 e. The second-order valence-corrected chi connectivity index (χ2v) is 7.48. The van der Waals surface area contributed by atoms with Crippen LogP contribution in [-0.4, -0.2) is 45.1 Å². The third-order valence-corrected chi connectivity index (χ3v) is 4.66. The van der Waals surface area contributed by atoms with Crippen molar-refractivity contribution in [3.8, 4) is 0 Å². The van der Waals surface area contributed by atoms with E-state index in [1.54, 1.807) is 0 Å². The Labute approximate surface area is 171 Å². The van der Waals surface area contributed by atoms with Gasteiger partial charge in [-0.1, -0.05) is 103 Å². The van der Waals surface area contributed by atoms with Crippen molar-refractivity contribution >= 4 is 11.9 Å². The zero-order valence-electron chi connectivity index (χ0n) is 17.9. The van der Waals surface area contributed by atoms with Gasteiger partial charge in [-0.25, -0.2) is 4.79 Å². The van der Waals surface area contributed by atoms with Crippen molar-refractivity contribution in [3.05, 3.63) is 0 Å². The van der Waals surface area contributed by atoms with Crippen LogP contribution in [0.5, 0.6) is 0 Å². The molecule has 0 heterocycles. The zero-order valence-corrected chi connectivity index (χ0v) is 17.9. The zero-order chi connectivity index (χ0) is 21.5. The first-order valence-electron chi connectivity index (χ1n) is 11.2. The van der Waals surface area contributed by atoms with Crippen LogP contribution in [0.15, 0.2) is 0 Å². The van der Waals surface area contributed by atoms with Crippen LogP contribution >= 0.6 is 0 Å². The van der Waals surface area contributed by atoms with E-state index in [-0.39, 0.29) is 0 Å². The first kappa shape index (κ1) is 29.1. The molecule has 0 saturated heterocycles. The van der Waals surface area contributed by atoms with E-state index >= 15 is 0 Å². The molecule has 0 aromatic heterocycles. The van der Waals surface area contributed by atoms with Gasteiger partial charge in [-0.3, -0.25) is 4.79 Å². The van der Waals surface area contributed by atoms with Crippen LogP contribution in [0, 0.1) is 0 Å². The third-order valence-electron chi connectivity index (χ3n) is 4.66. The van der Waals surface area contributed by atoms with Crippen LogP contribution in [0.1, 0.15) is 116 Å². The highest BCUT2D eigenvalue weighted by Crippen LogP contribution is 2.13. The summed E-state index contributed by atoms with van der Waals surface area (Å²) in [6.07, 6.45) is 19.6. The van der Waals surface area contributed by atoms with Gasteiger partial charge in [0.15, 0.2) is 6.10 Å². The molecule has 6 heteroatoms. The summed E-state index contributed by atoms with van der Waals surface area (Å²) in [7, 11) is 0. The van der Waals surface area contributed by atoms with Gasteiger partial charge in [0.1, 0.15) is 0 Å². The lowest BCUT2D eigenvalue weighted by atomic mass is 10.0. The van der Waals surface area contributed by atoms with Crippen LogP contribution in [-0.2, 0) is 9.59 Å². The van der Waals surface area contributed by atoms with Crippen molar-refractivity contribution < 1.29 is 30.0 Å². The number of aliphatic carboxylic acids is 2. The van der Waals surface area contributed by atoms with Crippen molar-refractivity contribution in [2.24, 2.45) is 0 Å². The minimum atomic E-state index is -1.79. The number of carbonyl (C=O) groups is 2. The van der Waals surface area contributed by atoms with Gasteiger partial charge >= 0.3 is 11.9 Å². The molecule has 0 amide bonds. The molecular formula is C22H44O6. The van der Waals surface area contributed by atoms with Crippen LogP contribution in [0.4, 0.5) is 0 Å². The van der Waals surface area contributed by atoms with Crippen LogP contribution in [0.3, 0.4) is 0 Å². The molecule has 0 radical (unpaired) electrons. The molecule has 1 atom stereocenters. The highest BCUT2D eigenvalue weighted by Gasteiger charge is 2.16. The molecule has 0 aliphatic heterocycles. The Morgan fingerprint density at radius 3 is 1.18 bits per heavy atom. The van der Waals surface area contributed by atoms with Crippen LogP contribution in [0.25, 0.3) is 0 Å². The summed E-state index contributed by atoms with van der Waals surface area (Å²) in [6.45, 7) is 2.66. The second-order valence-electron chi connectivity index (χ2n) is 7.48. The fraction of sp³-hybridized carbons (Fsp3) is 0.909. The van der Waals surface area contributed by atoms with Gasteiger partial charge in [0, 0.05) is 6.61 Å². The van der Waals surface area contributed by atoms with Gasteiger partial charge in [-0.15, -0.1) is 0 Å². The Balaban J connectivity index is 0. The van der Waals surface area contributed by atoms with E-state index in [1.807, 2.05) is 0 Å². The molecule has 0 rings (SSSR count). The summed E-state index contributed by atoms with van der Waals surface area (Å²) >= 11 is 0. The van der Waals surface area contributed by atoms with Crippen molar-refractivity contribution in [2.45, 2.75) is 122 Å². The lowest BCUT2D eigenvalue weighted by molar-refractivity contribution is -0.152. The number of unbranched alkanes of at least 4 members (excludes halogenated alkanes) is 15. The average Bonchev–Trinajstić information content (AvgIpc) is 2.65. The number of rotatable bonds is 19. The number of aliphatic hydroxyl groups is 2. The van der Waals surface area contributed by atoms with Crippen molar-refractivity contribution in [1.82, 2.24) is 0 Å². The molecule has 4 N–H and O–H groups in total. The van der Waals surface area contributed by atoms with Crippen LogP contribution in [0.2, 0.25) is 0 Å². The summed E-state index contributed by atoms with van der Waals surface area (Å²) in [5, 5.41) is 32.8. The van der Waals surface area contributed by atoms with E-state index in [9.17, 15) is 9.59 Å². The molecule has 0 bridgehead atoms. The summed E-state index contributed by atoms with van der Waals surface area (Å²) < 4.78 is 0. The quantitative estimate of drug-likeness (QED) is 0.221. The average molecular weight is 405 g/mol. The molecule has 0 spiro atoms. The summed E-state index contributed by atoms with van der Waals surface area (Å²) in [5.74, 6) is -2.85. The van der Waals surface area contributed by atoms with Crippen molar-refractivity contribution in [2.75, 3.05) is 6.61 Å². The molecule has 0 fully saturated rings. The van der Waals surface area contributed by atoms with E-state index in [1.165, 1.54) is 96.3 Å². The fourth-order valence-corrected chi connectivity index (χ4v) is 2.91. The lowest BCUT2D eigenvalue weighted by Gasteiger charge is -2.03. The SMILES string of the molecule is CCCCCCCCCCCCCCCCCCO.O=C(O)CC(O)C(=O)O. The topological polar surface area (TPSA) is 115 Å². The summed E-state index contributed by atoms with van der Waals surface area (Å²) in [5.41, 5.74) is 0. The number of hydrogen-bond acceptors (Lipinski definition) is 4. The van der Waals surface area contributed by atoms with Gasteiger partial charge in [-0.05, 0) is 6.42 Å². The second kappa shape index (κ2) is 23.9. The highest BCUT2D eigenvalue weighted by molar-refractivity contribution is 5.79. The summed E-state index contributed by atoms with van der Waals surface area (Å²) in [4.78, 5) is 19.4. The molecule has 0 aliphatic rings. The normalized spacial score (nSPS) is 11.5. The first-order valence-corrected chi connectivity index (χ1v) is 11.2. The minimum Gasteiger partial charge on any atom is -0.481 e. The Hall–Kier alpha value is -1.14. The Kier molecular flexibility index (Phi) is 24.8. The maximum absolute atomic E-state index is 9.72. The minimum absolute atomic E-state index is 0.373. The molecule has 0 aromatic rings. The lowest BCUT2D eigenvalue weighted by Crippen LogP contribution is -2.22. The van der Waals surface area contributed by atoms with E-state index in [0.29, 0.717) is 6.61 Å². The van der Waals surface area contributed by atoms with E-state index in [2.05, 4.69) is 6.92 Å². The molecule has 6 nitrogen and oxygen atoms in total. The van der Waals surface area contributed by atoms with Crippen molar-refractivity contribution in [1.29, 1.82) is 0 Å². The largest absolute Gasteiger partial charge is 0.481 e. The number of carboxylic acids is 2. The monoisotopic (exact) mass is 404 g/mol. The molecule has 1 unspecified atom stereocenters. The third kappa shape index (κ3) is 27.1. The molecule has 0 aliphatic carbocycles. The Morgan fingerprint density at radius 1 is 0.643 bits per heavy atom.